The van der Waals surface area contributed by atoms with Crippen molar-refractivity contribution in [1.29, 1.82) is 0 Å². The standard InChI is InChI=1S/C19H24F4O5/c1-2-3-13-7-27-19(28-8-13,15-9-24-12-25-10-15)14-4-5-17(16(20)6-14)26-11-18(21,22)23/h4-6,13,15H,2-3,7-12H2,1H3. The molecule has 0 amide bonds. The van der Waals surface area contributed by atoms with E-state index >= 15 is 0 Å². The molecule has 0 unspecified atom stereocenters. The molecule has 0 N–H and O–H groups in total. The molecule has 2 aliphatic rings. The summed E-state index contributed by atoms with van der Waals surface area (Å²) in [7, 11) is 0. The molecule has 0 atom stereocenters. The lowest BCUT2D eigenvalue weighted by atomic mass is 9.90. The van der Waals surface area contributed by atoms with E-state index in [4.69, 9.17) is 18.9 Å². The van der Waals surface area contributed by atoms with Gasteiger partial charge in [0.25, 0.3) is 0 Å². The Morgan fingerprint density at radius 2 is 1.79 bits per heavy atom. The molecule has 0 bridgehead atoms. The van der Waals surface area contributed by atoms with E-state index in [-0.39, 0.29) is 18.6 Å². The van der Waals surface area contributed by atoms with Gasteiger partial charge in [0.1, 0.15) is 6.79 Å². The molecule has 1 aromatic carbocycles. The second-order valence-electron chi connectivity index (χ2n) is 7.05. The first kappa shape index (κ1) is 21.3. The molecule has 158 valence electrons. The Kier molecular flexibility index (Phi) is 6.80. The third kappa shape index (κ3) is 4.94. The molecule has 2 saturated heterocycles. The minimum absolute atomic E-state index is 0.156. The smallest absolute Gasteiger partial charge is 0.422 e. The van der Waals surface area contributed by atoms with Crippen molar-refractivity contribution in [2.45, 2.75) is 31.7 Å². The van der Waals surface area contributed by atoms with Crippen LogP contribution in [0.4, 0.5) is 17.6 Å². The van der Waals surface area contributed by atoms with Crippen molar-refractivity contribution in [2.75, 3.05) is 39.8 Å². The molecule has 0 saturated carbocycles. The zero-order valence-corrected chi connectivity index (χ0v) is 15.6. The van der Waals surface area contributed by atoms with Crippen molar-refractivity contribution in [3.8, 4) is 5.75 Å². The van der Waals surface area contributed by atoms with E-state index in [0.29, 0.717) is 32.0 Å². The van der Waals surface area contributed by atoms with Gasteiger partial charge in [-0.1, -0.05) is 13.3 Å². The maximum absolute atomic E-state index is 14.4. The average Bonchev–Trinajstić information content (AvgIpc) is 2.68. The molecule has 0 radical (unpaired) electrons. The molecule has 2 fully saturated rings. The monoisotopic (exact) mass is 408 g/mol. The minimum atomic E-state index is -4.55. The van der Waals surface area contributed by atoms with Crippen molar-refractivity contribution in [1.82, 2.24) is 0 Å². The van der Waals surface area contributed by atoms with Crippen LogP contribution in [0, 0.1) is 17.7 Å². The number of benzene rings is 1. The van der Waals surface area contributed by atoms with E-state index in [0.717, 1.165) is 25.0 Å². The number of halogens is 4. The van der Waals surface area contributed by atoms with Gasteiger partial charge in [-0.25, -0.2) is 4.39 Å². The molecule has 0 aliphatic carbocycles. The fourth-order valence-electron chi connectivity index (χ4n) is 3.49. The Morgan fingerprint density at radius 3 is 2.36 bits per heavy atom. The normalized spacial score (nSPS) is 27.0. The van der Waals surface area contributed by atoms with Gasteiger partial charge in [-0.15, -0.1) is 0 Å². The third-order valence-electron chi connectivity index (χ3n) is 4.83. The number of alkyl halides is 3. The lowest BCUT2D eigenvalue weighted by Gasteiger charge is -2.46. The van der Waals surface area contributed by atoms with Crippen LogP contribution in [-0.2, 0) is 24.7 Å². The maximum Gasteiger partial charge on any atom is 0.422 e. The first-order valence-corrected chi connectivity index (χ1v) is 9.27. The number of hydrogen-bond acceptors (Lipinski definition) is 5. The lowest BCUT2D eigenvalue weighted by molar-refractivity contribution is -0.341. The van der Waals surface area contributed by atoms with Gasteiger partial charge < -0.3 is 23.7 Å². The van der Waals surface area contributed by atoms with Crippen LogP contribution in [0.5, 0.6) is 5.75 Å². The maximum atomic E-state index is 14.4. The summed E-state index contributed by atoms with van der Waals surface area (Å²) in [5.74, 6) is -2.80. The topological polar surface area (TPSA) is 46.2 Å². The summed E-state index contributed by atoms with van der Waals surface area (Å²) in [6, 6.07) is 3.72. The Labute approximate surface area is 160 Å². The van der Waals surface area contributed by atoms with Crippen LogP contribution in [0.25, 0.3) is 0 Å². The van der Waals surface area contributed by atoms with Gasteiger partial charge in [-0.3, -0.25) is 0 Å². The molecule has 3 rings (SSSR count). The van der Waals surface area contributed by atoms with Gasteiger partial charge in [0.2, 0.25) is 5.79 Å². The van der Waals surface area contributed by atoms with Crippen molar-refractivity contribution in [3.63, 3.8) is 0 Å². The van der Waals surface area contributed by atoms with Crippen LogP contribution < -0.4 is 4.74 Å². The van der Waals surface area contributed by atoms with Crippen LogP contribution in [-0.4, -0.2) is 46.0 Å². The highest BCUT2D eigenvalue weighted by Gasteiger charge is 2.48. The predicted octanol–water partition coefficient (Wildman–Crippen LogP) is 4.00. The van der Waals surface area contributed by atoms with Gasteiger partial charge in [0.05, 0.1) is 32.3 Å². The van der Waals surface area contributed by atoms with Crippen LogP contribution in [0.1, 0.15) is 25.3 Å². The largest absolute Gasteiger partial charge is 0.481 e. The Balaban J connectivity index is 1.83. The third-order valence-corrected chi connectivity index (χ3v) is 4.83. The molecule has 2 heterocycles. The second-order valence-corrected chi connectivity index (χ2v) is 7.05. The Bertz CT molecular complexity index is 638. The molecule has 9 heteroatoms. The highest BCUT2D eigenvalue weighted by atomic mass is 19.4. The summed E-state index contributed by atoms with van der Waals surface area (Å²) >= 11 is 0. The molecule has 5 nitrogen and oxygen atoms in total. The average molecular weight is 408 g/mol. The van der Waals surface area contributed by atoms with Gasteiger partial charge >= 0.3 is 6.18 Å². The zero-order valence-electron chi connectivity index (χ0n) is 15.6. The first-order valence-electron chi connectivity index (χ1n) is 9.27. The van der Waals surface area contributed by atoms with Gasteiger partial charge in [0.15, 0.2) is 18.2 Å². The van der Waals surface area contributed by atoms with Crippen LogP contribution in [0.15, 0.2) is 18.2 Å². The SMILES string of the molecule is CCCC1COC(c2ccc(OCC(F)(F)F)c(F)c2)(C2COCOC2)OC1. The Hall–Kier alpha value is -1.42. The minimum Gasteiger partial charge on any atom is -0.481 e. The van der Waals surface area contributed by atoms with E-state index in [1.165, 1.54) is 6.07 Å². The molecular formula is C19H24F4O5. The van der Waals surface area contributed by atoms with Gasteiger partial charge in [-0.05, 0) is 24.6 Å². The number of hydrogen-bond donors (Lipinski definition) is 0. The molecule has 28 heavy (non-hydrogen) atoms. The van der Waals surface area contributed by atoms with Crippen molar-refractivity contribution in [2.24, 2.45) is 11.8 Å². The van der Waals surface area contributed by atoms with E-state index in [9.17, 15) is 17.6 Å². The van der Waals surface area contributed by atoms with Crippen molar-refractivity contribution >= 4 is 0 Å². The summed E-state index contributed by atoms with van der Waals surface area (Å²) in [6.45, 7) is 2.11. The second kappa shape index (κ2) is 8.94. The highest BCUT2D eigenvalue weighted by Crippen LogP contribution is 2.42. The molecular weight excluding hydrogens is 384 g/mol. The van der Waals surface area contributed by atoms with E-state index in [1.54, 1.807) is 0 Å². The van der Waals surface area contributed by atoms with E-state index in [1.807, 2.05) is 0 Å². The summed E-state index contributed by atoms with van der Waals surface area (Å²) in [6.07, 6.45) is -2.63. The summed E-state index contributed by atoms with van der Waals surface area (Å²) < 4.78 is 78.9. The van der Waals surface area contributed by atoms with E-state index in [2.05, 4.69) is 11.7 Å². The summed E-state index contributed by atoms with van der Waals surface area (Å²) in [5, 5.41) is 0. The first-order chi connectivity index (χ1) is 13.3. The quantitative estimate of drug-likeness (QED) is 0.666. The van der Waals surface area contributed by atoms with Crippen LogP contribution in [0.2, 0.25) is 0 Å². The molecule has 0 aromatic heterocycles. The molecule has 2 aliphatic heterocycles. The Morgan fingerprint density at radius 1 is 1.11 bits per heavy atom. The van der Waals surface area contributed by atoms with Crippen molar-refractivity contribution < 1.29 is 41.2 Å². The lowest BCUT2D eigenvalue weighted by Crippen LogP contribution is -2.51. The van der Waals surface area contributed by atoms with Crippen LogP contribution in [0.3, 0.4) is 0 Å². The highest BCUT2D eigenvalue weighted by molar-refractivity contribution is 5.32. The zero-order chi connectivity index (χ0) is 20.2. The van der Waals surface area contributed by atoms with Crippen LogP contribution >= 0.6 is 0 Å². The van der Waals surface area contributed by atoms with E-state index < -0.39 is 30.1 Å². The summed E-state index contributed by atoms with van der Waals surface area (Å²) in [5.41, 5.74) is 0.360. The number of rotatable bonds is 6. The molecule has 1 aromatic rings. The number of ether oxygens (including phenoxy) is 5. The van der Waals surface area contributed by atoms with Gasteiger partial charge in [-0.2, -0.15) is 13.2 Å². The fraction of sp³-hybridized carbons (Fsp3) is 0.684. The van der Waals surface area contributed by atoms with Gasteiger partial charge in [0, 0.05) is 11.5 Å². The summed E-state index contributed by atoms with van der Waals surface area (Å²) in [4.78, 5) is 0. The predicted molar refractivity (Wildman–Crippen MR) is 90.2 cm³/mol. The fourth-order valence-corrected chi connectivity index (χ4v) is 3.49. The van der Waals surface area contributed by atoms with Crippen molar-refractivity contribution in [3.05, 3.63) is 29.6 Å². The molecule has 0 spiro atoms.